The maximum Gasteiger partial charge on any atom is 0.175 e. The molecule has 1 unspecified atom stereocenters. The molecule has 1 aliphatic rings. The zero-order valence-electron chi connectivity index (χ0n) is 8.98. The predicted molar refractivity (Wildman–Crippen MR) is 70.1 cm³/mol. The van der Waals surface area contributed by atoms with Gasteiger partial charge in [0.15, 0.2) is 5.78 Å². The van der Waals surface area contributed by atoms with Gasteiger partial charge in [-0.3, -0.25) is 4.79 Å². The molecule has 86 valence electrons. The van der Waals surface area contributed by atoms with Crippen molar-refractivity contribution in [3.8, 4) is 0 Å². The van der Waals surface area contributed by atoms with E-state index in [2.05, 4.69) is 15.9 Å². The molecule has 0 bridgehead atoms. The highest BCUT2D eigenvalue weighted by molar-refractivity contribution is 9.10. The summed E-state index contributed by atoms with van der Waals surface area (Å²) in [5.41, 5.74) is 0.781. The first-order chi connectivity index (χ1) is 7.66. The fourth-order valence-electron chi connectivity index (χ4n) is 1.49. The van der Waals surface area contributed by atoms with Gasteiger partial charge in [-0.1, -0.05) is 28.1 Å². The third-order valence-corrected chi connectivity index (χ3v) is 4.31. The van der Waals surface area contributed by atoms with Crippen molar-refractivity contribution in [3.05, 3.63) is 34.3 Å². The largest absolute Gasteiger partial charge is 0.379 e. The topological polar surface area (TPSA) is 26.3 Å². The van der Waals surface area contributed by atoms with Crippen molar-refractivity contribution in [2.45, 2.75) is 17.4 Å². The Morgan fingerprint density at radius 3 is 2.56 bits per heavy atom. The van der Waals surface area contributed by atoms with E-state index in [1.165, 1.54) is 0 Å². The second kappa shape index (κ2) is 5.34. The molecule has 1 atom stereocenters. The number of thioether (sulfide) groups is 1. The van der Waals surface area contributed by atoms with Crippen LogP contribution in [0.5, 0.6) is 0 Å². The van der Waals surface area contributed by atoms with Gasteiger partial charge in [-0.05, 0) is 19.1 Å². The van der Waals surface area contributed by atoms with Crippen molar-refractivity contribution in [3.63, 3.8) is 0 Å². The number of ketones is 1. The summed E-state index contributed by atoms with van der Waals surface area (Å²) in [5, 5.41) is 0.504. The highest BCUT2D eigenvalue weighted by atomic mass is 79.9. The van der Waals surface area contributed by atoms with E-state index in [0.29, 0.717) is 5.25 Å². The number of Topliss-reactive ketones (excluding diaryl/α,β-unsaturated/α-hetero) is 1. The number of carbonyl (C=O) groups excluding carboxylic acids is 1. The van der Waals surface area contributed by atoms with E-state index >= 15 is 0 Å². The highest BCUT2D eigenvalue weighted by Crippen LogP contribution is 2.26. The van der Waals surface area contributed by atoms with Gasteiger partial charge < -0.3 is 4.74 Å². The Bertz CT molecular complexity index is 373. The first-order valence-electron chi connectivity index (χ1n) is 5.20. The van der Waals surface area contributed by atoms with Crippen LogP contribution in [0.4, 0.5) is 0 Å². The summed E-state index contributed by atoms with van der Waals surface area (Å²) in [5.74, 6) is 0.199. The molecule has 1 fully saturated rings. The monoisotopic (exact) mass is 300 g/mol. The predicted octanol–water partition coefficient (Wildman–Crippen LogP) is 3.15. The highest BCUT2D eigenvalue weighted by Gasteiger charge is 2.25. The van der Waals surface area contributed by atoms with Crippen LogP contribution in [-0.2, 0) is 4.74 Å². The van der Waals surface area contributed by atoms with Crippen molar-refractivity contribution in [1.82, 2.24) is 0 Å². The Hall–Kier alpha value is -0.320. The Morgan fingerprint density at radius 2 is 2.06 bits per heavy atom. The van der Waals surface area contributed by atoms with Crippen LogP contribution in [0.15, 0.2) is 28.7 Å². The smallest absolute Gasteiger partial charge is 0.175 e. The van der Waals surface area contributed by atoms with E-state index in [-0.39, 0.29) is 11.0 Å². The number of hydrogen-bond donors (Lipinski definition) is 0. The fraction of sp³-hybridized carbons (Fsp3) is 0.417. The molecule has 0 aromatic heterocycles. The SMILES string of the molecule is CC(SC1COC1)C(=O)c1ccc(Br)cc1. The second-order valence-corrected chi connectivity index (χ2v) is 6.37. The van der Waals surface area contributed by atoms with E-state index < -0.39 is 0 Å². The van der Waals surface area contributed by atoms with Gasteiger partial charge in [-0.2, -0.15) is 0 Å². The van der Waals surface area contributed by atoms with Gasteiger partial charge in [-0.25, -0.2) is 0 Å². The maximum absolute atomic E-state index is 12.1. The normalized spacial score (nSPS) is 17.9. The van der Waals surface area contributed by atoms with Gasteiger partial charge in [0, 0.05) is 10.0 Å². The molecule has 2 rings (SSSR count). The molecule has 2 nitrogen and oxygen atoms in total. The van der Waals surface area contributed by atoms with Crippen molar-refractivity contribution in [2.24, 2.45) is 0 Å². The molecule has 0 amide bonds. The van der Waals surface area contributed by atoms with Gasteiger partial charge >= 0.3 is 0 Å². The quantitative estimate of drug-likeness (QED) is 0.799. The average molecular weight is 301 g/mol. The minimum absolute atomic E-state index is 0.00933. The zero-order valence-corrected chi connectivity index (χ0v) is 11.4. The number of carbonyl (C=O) groups is 1. The van der Waals surface area contributed by atoms with Gasteiger partial charge in [0.25, 0.3) is 0 Å². The molecule has 0 radical (unpaired) electrons. The van der Waals surface area contributed by atoms with Crippen LogP contribution in [0.25, 0.3) is 0 Å². The molecule has 1 aliphatic heterocycles. The Morgan fingerprint density at radius 1 is 1.44 bits per heavy atom. The van der Waals surface area contributed by atoms with E-state index in [0.717, 1.165) is 23.2 Å². The number of ether oxygens (including phenoxy) is 1. The lowest BCUT2D eigenvalue weighted by molar-refractivity contribution is 0.0453. The van der Waals surface area contributed by atoms with Gasteiger partial charge in [0.2, 0.25) is 0 Å². The van der Waals surface area contributed by atoms with E-state index in [1.54, 1.807) is 11.8 Å². The molecule has 1 heterocycles. The lowest BCUT2D eigenvalue weighted by Gasteiger charge is -2.27. The van der Waals surface area contributed by atoms with Crippen LogP contribution in [0, 0.1) is 0 Å². The van der Waals surface area contributed by atoms with Crippen molar-refractivity contribution >= 4 is 33.5 Å². The molecular formula is C12H13BrO2S. The van der Waals surface area contributed by atoms with Crippen LogP contribution >= 0.6 is 27.7 Å². The molecular weight excluding hydrogens is 288 g/mol. The van der Waals surface area contributed by atoms with E-state index in [4.69, 9.17) is 4.74 Å². The summed E-state index contributed by atoms with van der Waals surface area (Å²) in [7, 11) is 0. The maximum atomic E-state index is 12.1. The van der Waals surface area contributed by atoms with Crippen LogP contribution in [0.1, 0.15) is 17.3 Å². The summed E-state index contributed by atoms with van der Waals surface area (Å²) < 4.78 is 6.10. The van der Waals surface area contributed by atoms with Crippen molar-refractivity contribution < 1.29 is 9.53 Å². The van der Waals surface area contributed by atoms with E-state index in [1.807, 2.05) is 31.2 Å². The fourth-order valence-corrected chi connectivity index (χ4v) is 2.94. The Labute approximate surface area is 108 Å². The molecule has 4 heteroatoms. The van der Waals surface area contributed by atoms with Crippen molar-refractivity contribution in [1.29, 1.82) is 0 Å². The van der Waals surface area contributed by atoms with Crippen molar-refractivity contribution in [2.75, 3.05) is 13.2 Å². The molecule has 0 N–H and O–H groups in total. The molecule has 1 aromatic rings. The number of hydrogen-bond acceptors (Lipinski definition) is 3. The standard InChI is InChI=1S/C12H13BrO2S/c1-8(16-11-6-15-7-11)12(14)9-2-4-10(13)5-3-9/h2-5,8,11H,6-7H2,1H3. The minimum Gasteiger partial charge on any atom is -0.379 e. The van der Waals surface area contributed by atoms with Gasteiger partial charge in [-0.15, -0.1) is 11.8 Å². The van der Waals surface area contributed by atoms with Crippen LogP contribution in [-0.4, -0.2) is 29.5 Å². The second-order valence-electron chi connectivity index (χ2n) is 3.81. The van der Waals surface area contributed by atoms with Crippen LogP contribution < -0.4 is 0 Å². The molecule has 0 saturated carbocycles. The summed E-state index contributed by atoms with van der Waals surface area (Å²) >= 11 is 5.07. The summed E-state index contributed by atoms with van der Waals surface area (Å²) in [6.45, 7) is 3.53. The Balaban J connectivity index is 1.97. The summed E-state index contributed by atoms with van der Waals surface area (Å²) in [4.78, 5) is 12.1. The minimum atomic E-state index is 0.00933. The molecule has 1 aromatic carbocycles. The average Bonchev–Trinajstić information content (AvgIpc) is 2.23. The summed E-state index contributed by atoms with van der Waals surface area (Å²) in [6, 6.07) is 7.52. The van der Waals surface area contributed by atoms with Crippen LogP contribution in [0.3, 0.4) is 0 Å². The molecule has 16 heavy (non-hydrogen) atoms. The number of benzene rings is 1. The van der Waals surface area contributed by atoms with E-state index in [9.17, 15) is 4.79 Å². The van der Waals surface area contributed by atoms with Crippen LogP contribution in [0.2, 0.25) is 0 Å². The molecule has 0 spiro atoms. The van der Waals surface area contributed by atoms with Gasteiger partial charge in [0.1, 0.15) is 0 Å². The lowest BCUT2D eigenvalue weighted by Crippen LogP contribution is -2.33. The summed E-state index contributed by atoms with van der Waals surface area (Å²) in [6.07, 6.45) is 0. The van der Waals surface area contributed by atoms with Gasteiger partial charge in [0.05, 0.1) is 23.7 Å². The molecule has 1 saturated heterocycles. The zero-order chi connectivity index (χ0) is 11.5. The number of halogens is 1. The molecule has 0 aliphatic carbocycles. The third-order valence-electron chi connectivity index (χ3n) is 2.50. The number of rotatable bonds is 4. The first kappa shape index (κ1) is 12.1. The lowest BCUT2D eigenvalue weighted by atomic mass is 10.1. The first-order valence-corrected chi connectivity index (χ1v) is 6.93. The Kier molecular flexibility index (Phi) is 4.05. The third kappa shape index (κ3) is 2.87.